The van der Waals surface area contributed by atoms with Crippen molar-refractivity contribution in [1.29, 1.82) is 0 Å². The molecule has 7 rings (SSSR count). The van der Waals surface area contributed by atoms with Crippen LogP contribution in [0.4, 0.5) is 0 Å². The number of sulfonamides is 1. The number of likely N-dealkylation sites (tertiary alicyclic amines) is 1. The minimum absolute atomic E-state index is 0.00157. The highest BCUT2D eigenvalue weighted by atomic mass is 32.2. The second kappa shape index (κ2) is 14.5. The van der Waals surface area contributed by atoms with E-state index in [1.165, 1.54) is 11.0 Å². The first-order valence-electron chi connectivity index (χ1n) is 19.0. The average Bonchev–Trinajstić information content (AvgIpc) is 4.05. The van der Waals surface area contributed by atoms with Gasteiger partial charge >= 0.3 is 0 Å². The van der Waals surface area contributed by atoms with Crippen molar-refractivity contribution in [1.82, 2.24) is 30.6 Å². The summed E-state index contributed by atoms with van der Waals surface area (Å²) < 4.78 is 27.6. The number of hydrogen-bond acceptors (Lipinski definition) is 8. The van der Waals surface area contributed by atoms with Crippen molar-refractivity contribution in [2.24, 2.45) is 17.3 Å². The zero-order chi connectivity index (χ0) is 39.3. The number of nitrogens with one attached hydrogen (secondary N) is 4. The molecule has 1 aromatic heterocycles. The van der Waals surface area contributed by atoms with Gasteiger partial charge in [-0.2, -0.15) is 0 Å². The van der Waals surface area contributed by atoms with Crippen molar-refractivity contribution in [3.63, 3.8) is 0 Å². The Morgan fingerprint density at radius 3 is 2.33 bits per heavy atom. The molecule has 5 atom stereocenters. The van der Waals surface area contributed by atoms with Gasteiger partial charge in [0.15, 0.2) is 0 Å². The summed E-state index contributed by atoms with van der Waals surface area (Å²) in [5, 5.41) is 8.76. The van der Waals surface area contributed by atoms with E-state index in [9.17, 15) is 32.4 Å². The maximum absolute atomic E-state index is 14.6. The van der Waals surface area contributed by atoms with Gasteiger partial charge in [-0.1, -0.05) is 75.4 Å². The lowest BCUT2D eigenvalue weighted by atomic mass is 9.85. The summed E-state index contributed by atoms with van der Waals surface area (Å²) in [6.07, 6.45) is 4.76. The molecule has 13 nitrogen and oxygen atoms in total. The van der Waals surface area contributed by atoms with E-state index < -0.39 is 73.9 Å². The number of fused-ring (bicyclic) bond motifs is 1. The highest BCUT2D eigenvalue weighted by molar-refractivity contribution is 7.91. The average molecular weight is 769 g/mol. The van der Waals surface area contributed by atoms with E-state index in [2.05, 4.69) is 27.3 Å². The minimum Gasteiger partial charge on any atom is -0.347 e. The molecular formula is C41H48N6O7S. The first kappa shape index (κ1) is 38.2. The third-order valence-electron chi connectivity index (χ3n) is 11.1. The monoisotopic (exact) mass is 768 g/mol. The van der Waals surface area contributed by atoms with Crippen molar-refractivity contribution in [2.75, 3.05) is 6.54 Å². The van der Waals surface area contributed by atoms with Crippen molar-refractivity contribution in [3.8, 4) is 11.3 Å². The molecule has 14 heteroatoms. The van der Waals surface area contributed by atoms with E-state index >= 15 is 0 Å². The standard InChI is InChI=1S/C41H48N6O7S/c1-5-26-22-41(26,39(52)46-55(53,54)28-17-18-28)45-37(50)33-20-27(23-47(33)38(51)35(40(2,3)4)44-34(48)19-24-15-16-24)42-36(49)30-21-32(25-11-7-6-8-12-25)43-31-14-10-9-13-29(30)31/h5-14,21,24,26-28,33,35H,1,15-20,22-23H2,2-4H3,(H,42,49)(H,44,48)(H,45,50)(H,46,52)/t26?,27-,33+,35-,41?/m1/s1. The number of benzene rings is 2. The van der Waals surface area contributed by atoms with Gasteiger partial charge < -0.3 is 20.9 Å². The van der Waals surface area contributed by atoms with Crippen LogP contribution in [0.3, 0.4) is 0 Å². The maximum atomic E-state index is 14.6. The van der Waals surface area contributed by atoms with Crippen LogP contribution in [0.25, 0.3) is 22.2 Å². The molecule has 5 amide bonds. The molecule has 290 valence electrons. The number of pyridine rings is 1. The zero-order valence-electron chi connectivity index (χ0n) is 31.3. The highest BCUT2D eigenvalue weighted by Gasteiger charge is 2.62. The summed E-state index contributed by atoms with van der Waals surface area (Å²) in [5.41, 5.74) is 0.114. The molecule has 2 aromatic carbocycles. The number of aromatic nitrogens is 1. The summed E-state index contributed by atoms with van der Waals surface area (Å²) in [6.45, 7) is 9.21. The van der Waals surface area contributed by atoms with Crippen molar-refractivity contribution < 1.29 is 32.4 Å². The molecule has 55 heavy (non-hydrogen) atoms. The lowest BCUT2D eigenvalue weighted by Crippen LogP contribution is -2.60. The molecule has 2 unspecified atom stereocenters. The largest absolute Gasteiger partial charge is 0.347 e. The Labute approximate surface area is 321 Å². The number of para-hydroxylation sites is 1. The highest BCUT2D eigenvalue weighted by Crippen LogP contribution is 2.45. The first-order chi connectivity index (χ1) is 26.1. The SMILES string of the molecule is C=CC1CC1(NC(=O)[C@@H]1C[C@@H](NC(=O)c2cc(-c3ccccc3)nc3ccccc23)CN1C(=O)[C@@H](NC(=O)CC1CC1)C(C)(C)C)C(=O)NS(=O)(=O)C1CC1. The van der Waals surface area contributed by atoms with E-state index in [0.717, 1.165) is 18.4 Å². The topological polar surface area (TPSA) is 184 Å². The Bertz CT molecular complexity index is 2160. The molecule has 4 aliphatic rings. The predicted molar refractivity (Wildman–Crippen MR) is 207 cm³/mol. The molecule has 0 radical (unpaired) electrons. The normalized spacial score (nSPS) is 24.1. The summed E-state index contributed by atoms with van der Waals surface area (Å²) >= 11 is 0. The molecule has 3 saturated carbocycles. The van der Waals surface area contributed by atoms with Crippen LogP contribution in [0, 0.1) is 17.3 Å². The lowest BCUT2D eigenvalue weighted by molar-refractivity contribution is -0.144. The summed E-state index contributed by atoms with van der Waals surface area (Å²) in [4.78, 5) is 75.8. The fourth-order valence-electron chi connectivity index (χ4n) is 7.45. The summed E-state index contributed by atoms with van der Waals surface area (Å²) in [6, 6.07) is 15.7. The van der Waals surface area contributed by atoms with Gasteiger partial charge in [-0.25, -0.2) is 13.4 Å². The third kappa shape index (κ3) is 8.14. The number of rotatable bonds is 13. The molecular weight excluding hydrogens is 721 g/mol. The van der Waals surface area contributed by atoms with Crippen LogP contribution in [-0.2, 0) is 29.2 Å². The number of carbonyl (C=O) groups is 5. The van der Waals surface area contributed by atoms with Crippen LogP contribution in [0.5, 0.6) is 0 Å². The van der Waals surface area contributed by atoms with Gasteiger partial charge in [-0.05, 0) is 62.0 Å². The lowest BCUT2D eigenvalue weighted by Gasteiger charge is -2.35. The molecule has 2 heterocycles. The fourth-order valence-corrected chi connectivity index (χ4v) is 8.82. The molecule has 4 fully saturated rings. The maximum Gasteiger partial charge on any atom is 0.259 e. The van der Waals surface area contributed by atoms with Crippen molar-refractivity contribution >= 4 is 50.5 Å². The third-order valence-corrected chi connectivity index (χ3v) is 12.9. The van der Waals surface area contributed by atoms with Gasteiger partial charge in [-0.15, -0.1) is 6.58 Å². The van der Waals surface area contributed by atoms with Gasteiger partial charge in [0.2, 0.25) is 27.7 Å². The fraction of sp³-hybridized carbons (Fsp3) is 0.463. The van der Waals surface area contributed by atoms with Crippen LogP contribution in [0.1, 0.15) is 76.1 Å². The van der Waals surface area contributed by atoms with E-state index in [4.69, 9.17) is 4.98 Å². The number of hydrogen-bond donors (Lipinski definition) is 4. The quantitative estimate of drug-likeness (QED) is 0.190. The Morgan fingerprint density at radius 2 is 1.69 bits per heavy atom. The molecule has 1 saturated heterocycles. The smallest absolute Gasteiger partial charge is 0.259 e. The summed E-state index contributed by atoms with van der Waals surface area (Å²) in [5.74, 6) is -2.94. The van der Waals surface area contributed by atoms with Gasteiger partial charge in [0.1, 0.15) is 17.6 Å². The van der Waals surface area contributed by atoms with E-state index in [1.807, 2.05) is 75.4 Å². The molecule has 1 aliphatic heterocycles. The van der Waals surface area contributed by atoms with Crippen LogP contribution < -0.4 is 20.7 Å². The van der Waals surface area contributed by atoms with Crippen LogP contribution >= 0.6 is 0 Å². The summed E-state index contributed by atoms with van der Waals surface area (Å²) in [7, 11) is -3.91. The Morgan fingerprint density at radius 1 is 1.00 bits per heavy atom. The second-order valence-corrected chi connectivity index (χ2v) is 18.5. The van der Waals surface area contributed by atoms with E-state index in [1.54, 1.807) is 6.07 Å². The molecule has 0 spiro atoms. The molecule has 4 N–H and O–H groups in total. The van der Waals surface area contributed by atoms with Gasteiger partial charge in [0.05, 0.1) is 22.0 Å². The van der Waals surface area contributed by atoms with E-state index in [-0.39, 0.29) is 31.2 Å². The van der Waals surface area contributed by atoms with Crippen molar-refractivity contribution in [3.05, 3.63) is 78.9 Å². The van der Waals surface area contributed by atoms with Gasteiger partial charge in [0.25, 0.3) is 11.8 Å². The number of amides is 5. The van der Waals surface area contributed by atoms with Crippen LogP contribution in [0.2, 0.25) is 0 Å². The number of nitrogens with zero attached hydrogens (tertiary/aromatic N) is 2. The Balaban J connectivity index is 1.17. The molecule has 3 aromatic rings. The minimum atomic E-state index is -3.91. The zero-order valence-corrected chi connectivity index (χ0v) is 32.2. The van der Waals surface area contributed by atoms with Gasteiger partial charge in [-0.3, -0.25) is 28.7 Å². The van der Waals surface area contributed by atoms with Crippen molar-refractivity contribution in [2.45, 2.75) is 94.6 Å². The van der Waals surface area contributed by atoms with Crippen LogP contribution in [0.15, 0.2) is 73.3 Å². The number of carbonyl (C=O) groups excluding carboxylic acids is 5. The first-order valence-corrected chi connectivity index (χ1v) is 20.5. The molecule has 3 aliphatic carbocycles. The van der Waals surface area contributed by atoms with Gasteiger partial charge in [0, 0.05) is 35.9 Å². The Kier molecular flexibility index (Phi) is 10.1. The molecule has 0 bridgehead atoms. The second-order valence-electron chi connectivity index (χ2n) is 16.5. The van der Waals surface area contributed by atoms with E-state index in [0.29, 0.717) is 41.4 Å². The Hall–Kier alpha value is -5.11. The van der Waals surface area contributed by atoms with Crippen LogP contribution in [-0.4, -0.2) is 83.3 Å². The predicted octanol–water partition coefficient (Wildman–Crippen LogP) is 3.60.